The molecule has 1 aromatic heterocycles. The topological polar surface area (TPSA) is 43.8 Å². The second-order valence-electron chi connectivity index (χ2n) is 3.79. The number of nitrogens with zero attached hydrogens (tertiary/aromatic N) is 2. The summed E-state index contributed by atoms with van der Waals surface area (Å²) in [5.74, 6) is 1.02. The molecule has 84 valence electrons. The summed E-state index contributed by atoms with van der Waals surface area (Å²) in [5.41, 5.74) is 7.38. The van der Waals surface area contributed by atoms with E-state index in [1.165, 1.54) is 9.13 Å². The van der Waals surface area contributed by atoms with Gasteiger partial charge in [0.1, 0.15) is 5.82 Å². The number of imidazole rings is 1. The van der Waals surface area contributed by atoms with Crippen LogP contribution in [0.2, 0.25) is 0 Å². The average molecular weight is 327 g/mol. The molecule has 1 atom stereocenters. The Bertz CT molecular complexity index is 479. The van der Waals surface area contributed by atoms with Gasteiger partial charge in [-0.3, -0.25) is 0 Å². The summed E-state index contributed by atoms with van der Waals surface area (Å²) in [6.07, 6.45) is 4.51. The summed E-state index contributed by atoms with van der Waals surface area (Å²) in [6, 6.07) is 8.21. The van der Waals surface area contributed by atoms with Crippen molar-refractivity contribution >= 4 is 22.6 Å². The first-order valence-corrected chi connectivity index (χ1v) is 6.22. The van der Waals surface area contributed by atoms with Crippen LogP contribution < -0.4 is 5.73 Å². The standard InChI is InChI=1S/C12H14IN3/c1-16-7-6-15-12(16)8-11(14)9-4-2-3-5-10(9)13/h2-7,11H,8,14H2,1H3. The minimum atomic E-state index is 0.00852. The number of hydrogen-bond acceptors (Lipinski definition) is 2. The lowest BCUT2D eigenvalue weighted by atomic mass is 10.0. The van der Waals surface area contributed by atoms with Gasteiger partial charge in [0.05, 0.1) is 0 Å². The predicted molar refractivity (Wildman–Crippen MR) is 73.0 cm³/mol. The molecule has 1 heterocycles. The molecule has 4 heteroatoms. The van der Waals surface area contributed by atoms with Crippen LogP contribution in [0.3, 0.4) is 0 Å². The average Bonchev–Trinajstić information content (AvgIpc) is 2.65. The Balaban J connectivity index is 2.18. The second-order valence-corrected chi connectivity index (χ2v) is 4.95. The molecule has 2 aromatic rings. The highest BCUT2D eigenvalue weighted by Crippen LogP contribution is 2.20. The molecule has 0 aliphatic rings. The molecule has 16 heavy (non-hydrogen) atoms. The van der Waals surface area contributed by atoms with Crippen LogP contribution in [-0.2, 0) is 13.5 Å². The van der Waals surface area contributed by atoms with Gasteiger partial charge >= 0.3 is 0 Å². The summed E-state index contributed by atoms with van der Waals surface area (Å²) >= 11 is 2.32. The van der Waals surface area contributed by atoms with Crippen LogP contribution in [0.1, 0.15) is 17.4 Å². The number of benzene rings is 1. The van der Waals surface area contributed by atoms with Gasteiger partial charge < -0.3 is 10.3 Å². The quantitative estimate of drug-likeness (QED) is 0.879. The summed E-state index contributed by atoms with van der Waals surface area (Å²) in [4.78, 5) is 4.29. The molecule has 2 rings (SSSR count). The molecule has 1 unspecified atom stereocenters. The monoisotopic (exact) mass is 327 g/mol. The Kier molecular flexibility index (Phi) is 3.60. The van der Waals surface area contributed by atoms with Gasteiger partial charge in [0.15, 0.2) is 0 Å². The van der Waals surface area contributed by atoms with Crippen molar-refractivity contribution < 1.29 is 0 Å². The zero-order valence-corrected chi connectivity index (χ0v) is 11.3. The van der Waals surface area contributed by atoms with Crippen molar-refractivity contribution in [2.24, 2.45) is 12.8 Å². The highest BCUT2D eigenvalue weighted by atomic mass is 127. The van der Waals surface area contributed by atoms with Gasteiger partial charge in [-0.25, -0.2) is 4.98 Å². The van der Waals surface area contributed by atoms with Crippen LogP contribution in [0.25, 0.3) is 0 Å². The van der Waals surface area contributed by atoms with Crippen LogP contribution in [0.4, 0.5) is 0 Å². The van der Waals surface area contributed by atoms with Crippen molar-refractivity contribution in [3.63, 3.8) is 0 Å². The van der Waals surface area contributed by atoms with E-state index in [0.29, 0.717) is 0 Å². The van der Waals surface area contributed by atoms with E-state index in [0.717, 1.165) is 12.2 Å². The third-order valence-corrected chi connectivity index (χ3v) is 3.61. The molecule has 3 nitrogen and oxygen atoms in total. The zero-order chi connectivity index (χ0) is 11.5. The molecule has 0 spiro atoms. The minimum Gasteiger partial charge on any atom is -0.338 e. The molecular weight excluding hydrogens is 313 g/mol. The lowest BCUT2D eigenvalue weighted by Crippen LogP contribution is -2.16. The maximum atomic E-state index is 6.20. The maximum Gasteiger partial charge on any atom is 0.110 e. The van der Waals surface area contributed by atoms with Crippen molar-refractivity contribution in [3.8, 4) is 0 Å². The lowest BCUT2D eigenvalue weighted by Gasteiger charge is -2.13. The van der Waals surface area contributed by atoms with Crippen molar-refractivity contribution in [2.75, 3.05) is 0 Å². The van der Waals surface area contributed by atoms with Crippen LogP contribution in [0.15, 0.2) is 36.7 Å². The van der Waals surface area contributed by atoms with E-state index in [-0.39, 0.29) is 6.04 Å². The van der Waals surface area contributed by atoms with E-state index in [1.54, 1.807) is 6.20 Å². The highest BCUT2D eigenvalue weighted by molar-refractivity contribution is 14.1. The fraction of sp³-hybridized carbons (Fsp3) is 0.250. The number of nitrogens with two attached hydrogens (primary N) is 1. The van der Waals surface area contributed by atoms with E-state index >= 15 is 0 Å². The van der Waals surface area contributed by atoms with E-state index in [2.05, 4.69) is 39.7 Å². The molecule has 0 saturated carbocycles. The van der Waals surface area contributed by atoms with Crippen molar-refractivity contribution in [2.45, 2.75) is 12.5 Å². The highest BCUT2D eigenvalue weighted by Gasteiger charge is 2.12. The normalized spacial score (nSPS) is 12.7. The number of halogens is 1. The van der Waals surface area contributed by atoms with Crippen LogP contribution in [0, 0.1) is 3.57 Å². The summed E-state index contributed by atoms with van der Waals surface area (Å²) in [7, 11) is 1.99. The Labute approximate surface area is 109 Å². The van der Waals surface area contributed by atoms with Crippen LogP contribution >= 0.6 is 22.6 Å². The summed E-state index contributed by atoms with van der Waals surface area (Å²) in [6.45, 7) is 0. The fourth-order valence-electron chi connectivity index (χ4n) is 1.68. The predicted octanol–water partition coefficient (Wildman–Crippen LogP) is 2.27. The molecule has 1 aromatic carbocycles. The molecule has 0 aliphatic heterocycles. The summed E-state index contributed by atoms with van der Waals surface area (Å²) < 4.78 is 3.22. The van der Waals surface area contributed by atoms with E-state index < -0.39 is 0 Å². The Morgan fingerprint density at radius 2 is 2.19 bits per heavy atom. The van der Waals surface area contributed by atoms with Crippen LogP contribution in [0.5, 0.6) is 0 Å². The molecule has 0 radical (unpaired) electrons. The third kappa shape index (κ3) is 2.44. The van der Waals surface area contributed by atoms with Crippen molar-refractivity contribution in [1.29, 1.82) is 0 Å². The number of rotatable bonds is 3. The van der Waals surface area contributed by atoms with Gasteiger partial charge in [-0.2, -0.15) is 0 Å². The Hall–Kier alpha value is -0.880. The van der Waals surface area contributed by atoms with Gasteiger partial charge in [0, 0.05) is 35.5 Å². The largest absolute Gasteiger partial charge is 0.338 e. The SMILES string of the molecule is Cn1ccnc1CC(N)c1ccccc1I. The smallest absolute Gasteiger partial charge is 0.110 e. The summed E-state index contributed by atoms with van der Waals surface area (Å²) in [5, 5.41) is 0. The molecule has 0 fully saturated rings. The molecule has 0 saturated heterocycles. The lowest BCUT2D eigenvalue weighted by molar-refractivity contribution is 0.657. The zero-order valence-electron chi connectivity index (χ0n) is 9.10. The third-order valence-electron chi connectivity index (χ3n) is 2.63. The second kappa shape index (κ2) is 4.97. The number of aromatic nitrogens is 2. The first-order valence-electron chi connectivity index (χ1n) is 5.14. The van der Waals surface area contributed by atoms with Gasteiger partial charge in [-0.1, -0.05) is 18.2 Å². The van der Waals surface area contributed by atoms with E-state index in [9.17, 15) is 0 Å². The van der Waals surface area contributed by atoms with E-state index in [1.807, 2.05) is 29.9 Å². The van der Waals surface area contributed by atoms with Gasteiger partial charge in [-0.15, -0.1) is 0 Å². The molecule has 0 amide bonds. The fourth-order valence-corrected chi connectivity index (χ4v) is 2.46. The molecular formula is C12H14IN3. The molecule has 2 N–H and O–H groups in total. The van der Waals surface area contributed by atoms with Gasteiger partial charge in [0.2, 0.25) is 0 Å². The van der Waals surface area contributed by atoms with Crippen molar-refractivity contribution in [1.82, 2.24) is 9.55 Å². The Morgan fingerprint density at radius 3 is 2.81 bits per heavy atom. The molecule has 0 bridgehead atoms. The van der Waals surface area contributed by atoms with Crippen LogP contribution in [-0.4, -0.2) is 9.55 Å². The first kappa shape index (κ1) is 11.6. The minimum absolute atomic E-state index is 0.00852. The first-order chi connectivity index (χ1) is 7.68. The number of hydrogen-bond donors (Lipinski definition) is 1. The Morgan fingerprint density at radius 1 is 1.44 bits per heavy atom. The number of aryl methyl sites for hydroxylation is 1. The van der Waals surface area contributed by atoms with E-state index in [4.69, 9.17) is 5.73 Å². The molecule has 0 aliphatic carbocycles. The van der Waals surface area contributed by atoms with Gasteiger partial charge in [-0.05, 0) is 34.2 Å². The maximum absolute atomic E-state index is 6.20. The van der Waals surface area contributed by atoms with Gasteiger partial charge in [0.25, 0.3) is 0 Å². The van der Waals surface area contributed by atoms with Crippen molar-refractivity contribution in [3.05, 3.63) is 51.6 Å².